The third kappa shape index (κ3) is 4.34. The lowest BCUT2D eigenvalue weighted by Crippen LogP contribution is -2.47. The number of rotatable bonds is 4. The van der Waals surface area contributed by atoms with Gasteiger partial charge in [0.15, 0.2) is 5.16 Å². The minimum Gasteiger partial charge on any atom is -0.335 e. The maximum absolute atomic E-state index is 12.3. The van der Waals surface area contributed by atoms with Crippen molar-refractivity contribution in [1.82, 2.24) is 20.2 Å². The van der Waals surface area contributed by atoms with E-state index >= 15 is 0 Å². The molecule has 25 heavy (non-hydrogen) atoms. The number of fused-ring (bicyclic) bond motifs is 1. The van der Waals surface area contributed by atoms with Gasteiger partial charge < -0.3 is 9.88 Å². The van der Waals surface area contributed by atoms with Crippen LogP contribution >= 0.6 is 11.8 Å². The number of imidazole rings is 1. The fourth-order valence-electron chi connectivity index (χ4n) is 3.12. The first kappa shape index (κ1) is 17.8. The Kier molecular flexibility index (Phi) is 5.63. The van der Waals surface area contributed by atoms with Gasteiger partial charge in [0.1, 0.15) is 0 Å². The number of imide groups is 1. The lowest BCUT2D eigenvalue weighted by Gasteiger charge is -2.23. The molecule has 1 heterocycles. The summed E-state index contributed by atoms with van der Waals surface area (Å²) < 4.78 is 1.96. The number of hydrogen-bond donors (Lipinski definition) is 2. The normalized spacial score (nSPS) is 16.6. The van der Waals surface area contributed by atoms with Gasteiger partial charge in [0.25, 0.3) is 0 Å². The summed E-state index contributed by atoms with van der Waals surface area (Å²) in [5.74, 6) is -0.301. The Balaban J connectivity index is 1.56. The van der Waals surface area contributed by atoms with E-state index in [2.05, 4.69) is 15.6 Å². The van der Waals surface area contributed by atoms with E-state index in [0.29, 0.717) is 0 Å². The Hall–Kier alpha value is -2.02. The van der Waals surface area contributed by atoms with Crippen molar-refractivity contribution >= 4 is 34.7 Å². The molecule has 1 fully saturated rings. The molecule has 1 atom stereocenters. The summed E-state index contributed by atoms with van der Waals surface area (Å²) >= 11 is 1.35. The van der Waals surface area contributed by atoms with Gasteiger partial charge in [-0.2, -0.15) is 0 Å². The van der Waals surface area contributed by atoms with Crippen molar-refractivity contribution in [2.24, 2.45) is 7.05 Å². The van der Waals surface area contributed by atoms with E-state index in [-0.39, 0.29) is 11.9 Å². The summed E-state index contributed by atoms with van der Waals surface area (Å²) in [6.07, 6.45) is 5.48. The zero-order valence-corrected chi connectivity index (χ0v) is 15.4. The quantitative estimate of drug-likeness (QED) is 0.821. The Morgan fingerprint density at radius 3 is 2.68 bits per heavy atom. The molecule has 0 unspecified atom stereocenters. The maximum atomic E-state index is 12.3. The smallest absolute Gasteiger partial charge is 0.321 e. The van der Waals surface area contributed by atoms with Crippen LogP contribution in [0.25, 0.3) is 11.0 Å². The molecule has 2 N–H and O–H groups in total. The van der Waals surface area contributed by atoms with Crippen LogP contribution in [0.4, 0.5) is 4.79 Å². The van der Waals surface area contributed by atoms with Crippen LogP contribution in [-0.2, 0) is 11.8 Å². The van der Waals surface area contributed by atoms with Gasteiger partial charge in [-0.05, 0) is 31.9 Å². The SMILES string of the molecule is C[C@H](Sc1nc2ccccc2n1C)C(=O)NC(=O)NC1CCCCC1. The molecule has 1 aliphatic carbocycles. The number of para-hydroxylation sites is 2. The standard InChI is InChI=1S/C18H24N4O2S/c1-12(16(23)21-17(24)19-13-8-4-3-5-9-13)25-18-20-14-10-6-7-11-15(14)22(18)2/h6-7,10-13H,3-5,8-9H2,1-2H3,(H2,19,21,23,24)/t12-/m0/s1. The molecule has 1 aliphatic rings. The van der Waals surface area contributed by atoms with Crippen LogP contribution in [0.15, 0.2) is 29.4 Å². The van der Waals surface area contributed by atoms with Crippen LogP contribution in [0.3, 0.4) is 0 Å². The number of nitrogens with one attached hydrogen (secondary N) is 2. The summed E-state index contributed by atoms with van der Waals surface area (Å²) in [5.41, 5.74) is 1.92. The summed E-state index contributed by atoms with van der Waals surface area (Å²) in [7, 11) is 1.93. The van der Waals surface area contributed by atoms with Crippen molar-refractivity contribution in [3.63, 3.8) is 0 Å². The third-order valence-corrected chi connectivity index (χ3v) is 5.72. The van der Waals surface area contributed by atoms with Crippen LogP contribution in [0, 0.1) is 0 Å². The second-order valence-electron chi connectivity index (χ2n) is 6.50. The number of nitrogens with zero attached hydrogens (tertiary/aromatic N) is 2. The number of thioether (sulfide) groups is 1. The molecule has 3 amide bonds. The van der Waals surface area contributed by atoms with Crippen molar-refractivity contribution in [1.29, 1.82) is 0 Å². The number of carbonyl (C=O) groups is 2. The van der Waals surface area contributed by atoms with E-state index < -0.39 is 11.3 Å². The maximum Gasteiger partial charge on any atom is 0.321 e. The monoisotopic (exact) mass is 360 g/mol. The lowest BCUT2D eigenvalue weighted by atomic mass is 9.96. The highest BCUT2D eigenvalue weighted by molar-refractivity contribution is 8.00. The number of urea groups is 1. The van der Waals surface area contributed by atoms with Gasteiger partial charge >= 0.3 is 6.03 Å². The van der Waals surface area contributed by atoms with Crippen LogP contribution in [0.2, 0.25) is 0 Å². The molecule has 0 saturated heterocycles. The van der Waals surface area contributed by atoms with Crippen molar-refractivity contribution in [3.05, 3.63) is 24.3 Å². The van der Waals surface area contributed by atoms with Gasteiger partial charge in [0.2, 0.25) is 5.91 Å². The van der Waals surface area contributed by atoms with Gasteiger partial charge in [-0.15, -0.1) is 0 Å². The van der Waals surface area contributed by atoms with Crippen molar-refractivity contribution < 1.29 is 9.59 Å². The molecule has 0 aliphatic heterocycles. The molecule has 134 valence electrons. The summed E-state index contributed by atoms with van der Waals surface area (Å²) in [6.45, 7) is 1.78. The Morgan fingerprint density at radius 2 is 1.96 bits per heavy atom. The van der Waals surface area contributed by atoms with Crippen LogP contribution < -0.4 is 10.6 Å². The Bertz CT molecular complexity index is 768. The summed E-state index contributed by atoms with van der Waals surface area (Å²) in [4.78, 5) is 28.9. The molecule has 0 radical (unpaired) electrons. The van der Waals surface area contributed by atoms with Crippen molar-refractivity contribution in [2.45, 2.75) is 55.5 Å². The van der Waals surface area contributed by atoms with E-state index in [4.69, 9.17) is 0 Å². The molecule has 6 nitrogen and oxygen atoms in total. The highest BCUT2D eigenvalue weighted by Gasteiger charge is 2.22. The summed E-state index contributed by atoms with van der Waals surface area (Å²) in [5, 5.41) is 5.71. The number of amides is 3. The third-order valence-electron chi connectivity index (χ3n) is 4.57. The van der Waals surface area contributed by atoms with E-state index in [9.17, 15) is 9.59 Å². The van der Waals surface area contributed by atoms with Crippen molar-refractivity contribution in [2.75, 3.05) is 0 Å². The Morgan fingerprint density at radius 1 is 1.24 bits per heavy atom. The average molecular weight is 360 g/mol. The zero-order valence-electron chi connectivity index (χ0n) is 14.6. The van der Waals surface area contributed by atoms with Crippen LogP contribution in [0.5, 0.6) is 0 Å². The van der Waals surface area contributed by atoms with Gasteiger partial charge in [-0.25, -0.2) is 9.78 Å². The second kappa shape index (κ2) is 7.91. The zero-order chi connectivity index (χ0) is 17.8. The van der Waals surface area contributed by atoms with E-state index in [1.54, 1.807) is 6.92 Å². The first-order valence-electron chi connectivity index (χ1n) is 8.74. The fraction of sp³-hybridized carbons (Fsp3) is 0.500. The molecule has 3 rings (SSSR count). The second-order valence-corrected chi connectivity index (χ2v) is 7.81. The number of aryl methyl sites for hydroxylation is 1. The molecule has 1 saturated carbocycles. The molecule has 0 spiro atoms. The van der Waals surface area contributed by atoms with Gasteiger partial charge in [0.05, 0.1) is 16.3 Å². The molecule has 1 aromatic carbocycles. The van der Waals surface area contributed by atoms with E-state index in [0.717, 1.165) is 41.9 Å². The van der Waals surface area contributed by atoms with Crippen LogP contribution in [-0.4, -0.2) is 32.8 Å². The van der Waals surface area contributed by atoms with Crippen molar-refractivity contribution in [3.8, 4) is 0 Å². The van der Waals surface area contributed by atoms with Crippen LogP contribution in [0.1, 0.15) is 39.0 Å². The molecule has 7 heteroatoms. The highest BCUT2D eigenvalue weighted by Crippen LogP contribution is 2.26. The molecule has 1 aromatic heterocycles. The minimum absolute atomic E-state index is 0.185. The molecular formula is C18H24N4O2S. The van der Waals surface area contributed by atoms with Gasteiger partial charge in [0, 0.05) is 13.1 Å². The minimum atomic E-state index is -0.410. The number of benzene rings is 1. The first-order valence-corrected chi connectivity index (χ1v) is 9.62. The summed E-state index contributed by atoms with van der Waals surface area (Å²) in [6, 6.07) is 7.63. The number of aromatic nitrogens is 2. The van der Waals surface area contributed by atoms with E-state index in [1.807, 2.05) is 35.9 Å². The van der Waals surface area contributed by atoms with E-state index in [1.165, 1.54) is 18.2 Å². The molecule has 2 aromatic rings. The fourth-order valence-corrected chi connectivity index (χ4v) is 4.01. The topological polar surface area (TPSA) is 76.0 Å². The number of hydrogen-bond acceptors (Lipinski definition) is 4. The van der Waals surface area contributed by atoms with Gasteiger partial charge in [-0.1, -0.05) is 43.2 Å². The molecular weight excluding hydrogens is 336 g/mol. The largest absolute Gasteiger partial charge is 0.335 e. The van der Waals surface area contributed by atoms with Gasteiger partial charge in [-0.3, -0.25) is 10.1 Å². The first-order chi connectivity index (χ1) is 12.0. The molecule has 0 bridgehead atoms. The highest BCUT2D eigenvalue weighted by atomic mass is 32.2. The lowest BCUT2D eigenvalue weighted by molar-refractivity contribution is -0.119. The predicted molar refractivity (Wildman–Crippen MR) is 99.6 cm³/mol. The predicted octanol–water partition coefficient (Wildman–Crippen LogP) is 3.21. The number of carbonyl (C=O) groups excluding carboxylic acids is 2. The Labute approximate surface area is 151 Å². The average Bonchev–Trinajstić information content (AvgIpc) is 2.92.